The normalized spacial score (nSPS) is 18.6. The number of hydrogen-bond donors (Lipinski definition) is 0. The quantitative estimate of drug-likeness (QED) is 0.269. The zero-order valence-electron chi connectivity index (χ0n) is 16.6. The molecule has 1 aliphatic carbocycles. The monoisotopic (exact) mass is 412 g/mol. The molecule has 1 aliphatic rings. The molecule has 1 saturated carbocycles. The predicted molar refractivity (Wildman–Crippen MR) is 113 cm³/mol. The van der Waals surface area contributed by atoms with E-state index in [-0.39, 0.29) is 12.1 Å². The Hall–Kier alpha value is -0.770. The summed E-state index contributed by atoms with van der Waals surface area (Å²) in [5.74, 6) is 0.117. The summed E-state index contributed by atoms with van der Waals surface area (Å²) in [6, 6.07) is 9.96. The highest BCUT2D eigenvalue weighted by Crippen LogP contribution is 2.41. The predicted octanol–water partition coefficient (Wildman–Crippen LogP) is 5.60. The van der Waals surface area contributed by atoms with Gasteiger partial charge >= 0.3 is 5.97 Å². The van der Waals surface area contributed by atoms with E-state index < -0.39 is 13.4 Å². The van der Waals surface area contributed by atoms with Crippen LogP contribution in [0.25, 0.3) is 0 Å². The highest BCUT2D eigenvalue weighted by atomic mass is 32.2. The molecule has 1 aromatic rings. The molecule has 2 unspecified atom stereocenters. The fourth-order valence-corrected chi connectivity index (χ4v) is 6.94. The minimum atomic E-state index is -1.99. The number of carbonyl (C=O) groups is 1. The first-order chi connectivity index (χ1) is 13.1. The van der Waals surface area contributed by atoms with E-state index in [0.717, 1.165) is 17.7 Å². The number of carbonyl (C=O) groups excluding carboxylic acids is 1. The standard InChI is InChI=1S/C21H33O4PS/c1-3-24-20(22)21(25-4-2,15-18-11-7-5-8-12-18)16-26(23)17-27-19-13-9-6-10-14-19/h6,9-10,13-14,18,26H,3-5,7-8,11-12,15-17H2,1-2H3. The van der Waals surface area contributed by atoms with E-state index in [0.29, 0.717) is 31.0 Å². The van der Waals surface area contributed by atoms with E-state index in [1.54, 1.807) is 11.8 Å². The third-order valence-electron chi connectivity index (χ3n) is 5.04. The lowest BCUT2D eigenvalue weighted by molar-refractivity contribution is -0.171. The highest BCUT2D eigenvalue weighted by molar-refractivity contribution is 8.03. The largest absolute Gasteiger partial charge is 0.464 e. The van der Waals surface area contributed by atoms with Gasteiger partial charge in [0, 0.05) is 23.2 Å². The zero-order chi connectivity index (χ0) is 19.5. The van der Waals surface area contributed by atoms with Crippen LogP contribution in [0.5, 0.6) is 0 Å². The first-order valence-corrected chi connectivity index (χ1v) is 12.9. The molecule has 0 heterocycles. The van der Waals surface area contributed by atoms with Gasteiger partial charge in [0.2, 0.25) is 0 Å². The molecular formula is C21H33O4PS. The van der Waals surface area contributed by atoms with Crippen molar-refractivity contribution >= 4 is 25.5 Å². The van der Waals surface area contributed by atoms with Crippen molar-refractivity contribution in [2.24, 2.45) is 5.92 Å². The lowest BCUT2D eigenvalue weighted by Gasteiger charge is -2.35. The molecule has 152 valence electrons. The summed E-state index contributed by atoms with van der Waals surface area (Å²) in [4.78, 5) is 14.0. The smallest absolute Gasteiger partial charge is 0.338 e. The van der Waals surface area contributed by atoms with Crippen molar-refractivity contribution in [1.29, 1.82) is 0 Å². The van der Waals surface area contributed by atoms with Crippen LogP contribution in [0, 0.1) is 5.92 Å². The Bertz CT molecular complexity index is 589. The minimum Gasteiger partial charge on any atom is -0.464 e. The maximum Gasteiger partial charge on any atom is 0.338 e. The third kappa shape index (κ3) is 7.29. The third-order valence-corrected chi connectivity index (χ3v) is 8.47. The number of benzene rings is 1. The summed E-state index contributed by atoms with van der Waals surface area (Å²) < 4.78 is 24.3. The van der Waals surface area contributed by atoms with Crippen LogP contribution in [0.15, 0.2) is 35.2 Å². The van der Waals surface area contributed by atoms with Gasteiger partial charge in [-0.1, -0.05) is 50.3 Å². The van der Waals surface area contributed by atoms with E-state index in [2.05, 4.69) is 0 Å². The van der Waals surface area contributed by atoms with Gasteiger partial charge in [0.25, 0.3) is 0 Å². The Morgan fingerprint density at radius 3 is 2.48 bits per heavy atom. The molecule has 4 nitrogen and oxygen atoms in total. The minimum absolute atomic E-state index is 0.278. The molecule has 0 spiro atoms. The van der Waals surface area contributed by atoms with E-state index in [4.69, 9.17) is 9.47 Å². The molecule has 0 N–H and O–H groups in total. The van der Waals surface area contributed by atoms with Crippen molar-refractivity contribution in [2.75, 3.05) is 24.9 Å². The van der Waals surface area contributed by atoms with Crippen LogP contribution in [-0.2, 0) is 18.8 Å². The molecule has 1 aromatic carbocycles. The second-order valence-electron chi connectivity index (χ2n) is 7.17. The summed E-state index contributed by atoms with van der Waals surface area (Å²) in [6.45, 7) is 4.44. The van der Waals surface area contributed by atoms with Gasteiger partial charge in [-0.2, -0.15) is 0 Å². The molecule has 0 bridgehead atoms. The van der Waals surface area contributed by atoms with Gasteiger partial charge in [0.05, 0.1) is 14.4 Å². The first-order valence-electron chi connectivity index (χ1n) is 10.1. The van der Waals surface area contributed by atoms with E-state index in [1.165, 1.54) is 19.3 Å². The van der Waals surface area contributed by atoms with Crippen molar-refractivity contribution in [3.05, 3.63) is 30.3 Å². The average molecular weight is 413 g/mol. The number of esters is 1. The molecule has 0 amide bonds. The van der Waals surface area contributed by atoms with Crippen LogP contribution in [0.4, 0.5) is 0 Å². The Balaban J connectivity index is 2.08. The lowest BCUT2D eigenvalue weighted by Crippen LogP contribution is -2.47. The Labute approximate surface area is 168 Å². The molecule has 2 rings (SSSR count). The highest BCUT2D eigenvalue weighted by Gasteiger charge is 2.44. The zero-order valence-corrected chi connectivity index (χ0v) is 18.4. The van der Waals surface area contributed by atoms with E-state index in [1.807, 2.05) is 44.2 Å². The van der Waals surface area contributed by atoms with Crippen LogP contribution < -0.4 is 0 Å². The summed E-state index contributed by atoms with van der Waals surface area (Å²) in [5, 5.41) is 0. The fraction of sp³-hybridized carbons (Fsp3) is 0.667. The van der Waals surface area contributed by atoms with Crippen molar-refractivity contribution < 1.29 is 18.8 Å². The molecule has 1 fully saturated rings. The van der Waals surface area contributed by atoms with E-state index in [9.17, 15) is 9.36 Å². The van der Waals surface area contributed by atoms with Gasteiger partial charge in [-0.3, -0.25) is 0 Å². The number of thioether (sulfide) groups is 1. The molecule has 0 radical (unpaired) electrons. The van der Waals surface area contributed by atoms with Crippen LogP contribution in [0.2, 0.25) is 0 Å². The van der Waals surface area contributed by atoms with Crippen molar-refractivity contribution in [3.8, 4) is 0 Å². The summed E-state index contributed by atoms with van der Waals surface area (Å²) in [7, 11) is -1.99. The van der Waals surface area contributed by atoms with E-state index >= 15 is 0 Å². The molecule has 0 saturated heterocycles. The molecule has 2 atom stereocenters. The summed E-state index contributed by atoms with van der Waals surface area (Å²) in [5.41, 5.74) is -0.534. The molecule has 0 aromatic heterocycles. The van der Waals surface area contributed by atoms with Gasteiger partial charge in [0.1, 0.15) is 0 Å². The number of rotatable bonds is 11. The average Bonchev–Trinajstić information content (AvgIpc) is 2.68. The van der Waals surface area contributed by atoms with Crippen molar-refractivity contribution in [3.63, 3.8) is 0 Å². The molecular weight excluding hydrogens is 379 g/mol. The second-order valence-corrected chi connectivity index (χ2v) is 10.5. The number of hydrogen-bond acceptors (Lipinski definition) is 5. The van der Waals surface area contributed by atoms with Crippen LogP contribution in [-0.4, -0.2) is 36.4 Å². The van der Waals surface area contributed by atoms with Gasteiger partial charge in [0.15, 0.2) is 5.60 Å². The molecule has 27 heavy (non-hydrogen) atoms. The topological polar surface area (TPSA) is 52.6 Å². The van der Waals surface area contributed by atoms with Gasteiger partial charge in [-0.25, -0.2) is 4.79 Å². The second kappa shape index (κ2) is 11.9. The van der Waals surface area contributed by atoms with Crippen molar-refractivity contribution in [1.82, 2.24) is 0 Å². The van der Waals surface area contributed by atoms with Gasteiger partial charge < -0.3 is 14.0 Å². The van der Waals surface area contributed by atoms with Gasteiger partial charge in [-0.15, -0.1) is 11.8 Å². The molecule has 0 aliphatic heterocycles. The lowest BCUT2D eigenvalue weighted by atomic mass is 9.81. The van der Waals surface area contributed by atoms with Crippen LogP contribution in [0.3, 0.4) is 0 Å². The SMILES string of the molecule is CCOC(=O)C(CC1CCCCC1)(C[PH](=O)CSc1ccccc1)OCC. The maximum atomic E-state index is 12.9. The number of ether oxygens (including phenoxy) is 2. The van der Waals surface area contributed by atoms with Crippen LogP contribution in [0.1, 0.15) is 52.4 Å². The summed E-state index contributed by atoms with van der Waals surface area (Å²) in [6.07, 6.45) is 6.82. The van der Waals surface area contributed by atoms with Gasteiger partial charge in [-0.05, 0) is 38.3 Å². The van der Waals surface area contributed by atoms with Crippen molar-refractivity contribution in [2.45, 2.75) is 62.9 Å². The maximum absolute atomic E-state index is 12.9. The first kappa shape index (κ1) is 22.5. The summed E-state index contributed by atoms with van der Waals surface area (Å²) >= 11 is 1.58. The Morgan fingerprint density at radius 2 is 1.85 bits per heavy atom. The Kier molecular flexibility index (Phi) is 9.95. The fourth-order valence-electron chi connectivity index (χ4n) is 3.84. The Morgan fingerprint density at radius 1 is 1.15 bits per heavy atom. The molecule has 6 heteroatoms. The van der Waals surface area contributed by atoms with Crippen LogP contribution >= 0.6 is 19.6 Å².